The third-order valence-corrected chi connectivity index (χ3v) is 3.53. The maximum absolute atomic E-state index is 12.9. The number of hydrogen-bond donors (Lipinski definition) is 0. The van der Waals surface area contributed by atoms with Crippen molar-refractivity contribution < 1.29 is 8.91 Å². The maximum Gasteiger partial charge on any atom is 0.259 e. The summed E-state index contributed by atoms with van der Waals surface area (Å²) in [7, 11) is 0. The van der Waals surface area contributed by atoms with Gasteiger partial charge < -0.3 is 4.52 Å². The topological polar surface area (TPSA) is 38.9 Å². The average Bonchev–Trinajstić information content (AvgIpc) is 2.92. The van der Waals surface area contributed by atoms with Crippen molar-refractivity contribution >= 4 is 23.2 Å². The van der Waals surface area contributed by atoms with Gasteiger partial charge in [-0.05, 0) is 36.4 Å². The van der Waals surface area contributed by atoms with Crippen molar-refractivity contribution in [3.8, 4) is 22.8 Å². The first-order valence-electron chi connectivity index (χ1n) is 5.69. The molecule has 1 aromatic heterocycles. The monoisotopic (exact) mass is 308 g/mol. The van der Waals surface area contributed by atoms with Crippen LogP contribution in [0.15, 0.2) is 47.0 Å². The van der Waals surface area contributed by atoms with E-state index >= 15 is 0 Å². The number of halogens is 3. The van der Waals surface area contributed by atoms with Crippen molar-refractivity contribution in [1.82, 2.24) is 10.1 Å². The van der Waals surface area contributed by atoms with Gasteiger partial charge in [-0.3, -0.25) is 0 Å². The fraction of sp³-hybridized carbons (Fsp3) is 0. The highest BCUT2D eigenvalue weighted by molar-refractivity contribution is 6.43. The Labute approximate surface area is 124 Å². The maximum atomic E-state index is 12.9. The minimum Gasteiger partial charge on any atom is -0.334 e. The summed E-state index contributed by atoms with van der Waals surface area (Å²) in [5.74, 6) is 0.295. The molecule has 0 aliphatic heterocycles. The molecule has 0 atom stereocenters. The highest BCUT2D eigenvalue weighted by Crippen LogP contribution is 2.33. The Morgan fingerprint density at radius 1 is 1.00 bits per heavy atom. The number of nitrogens with zero attached hydrogens (tertiary/aromatic N) is 2. The normalized spacial score (nSPS) is 10.8. The number of aromatic nitrogens is 2. The molecule has 3 aromatic rings. The molecule has 0 aliphatic carbocycles. The SMILES string of the molecule is Fc1ccc(-c2noc(-c3cccc(Cl)c3Cl)n2)cc1. The summed E-state index contributed by atoms with van der Waals surface area (Å²) < 4.78 is 18.0. The summed E-state index contributed by atoms with van der Waals surface area (Å²) in [6.45, 7) is 0. The first-order valence-corrected chi connectivity index (χ1v) is 6.45. The Morgan fingerprint density at radius 2 is 1.75 bits per heavy atom. The molecule has 3 rings (SSSR count). The molecule has 6 heteroatoms. The van der Waals surface area contributed by atoms with Crippen molar-refractivity contribution in [2.75, 3.05) is 0 Å². The van der Waals surface area contributed by atoms with Crippen LogP contribution in [0.3, 0.4) is 0 Å². The van der Waals surface area contributed by atoms with Crippen LogP contribution in [0, 0.1) is 5.82 Å². The second-order valence-electron chi connectivity index (χ2n) is 4.03. The molecule has 2 aromatic carbocycles. The Hall–Kier alpha value is -1.91. The summed E-state index contributed by atoms with van der Waals surface area (Å²) in [6, 6.07) is 11.0. The van der Waals surface area contributed by atoms with Gasteiger partial charge in [0.2, 0.25) is 5.82 Å². The van der Waals surface area contributed by atoms with E-state index in [-0.39, 0.29) is 11.7 Å². The minimum atomic E-state index is -0.324. The molecule has 0 fully saturated rings. The van der Waals surface area contributed by atoms with Gasteiger partial charge in [-0.25, -0.2) is 4.39 Å². The van der Waals surface area contributed by atoms with Crippen LogP contribution in [-0.2, 0) is 0 Å². The fourth-order valence-corrected chi connectivity index (χ4v) is 2.10. The van der Waals surface area contributed by atoms with Gasteiger partial charge >= 0.3 is 0 Å². The van der Waals surface area contributed by atoms with E-state index in [0.717, 1.165) is 0 Å². The van der Waals surface area contributed by atoms with E-state index in [1.165, 1.54) is 12.1 Å². The average molecular weight is 309 g/mol. The summed E-state index contributed by atoms with van der Waals surface area (Å²) >= 11 is 12.0. The van der Waals surface area contributed by atoms with Crippen LogP contribution in [0.25, 0.3) is 22.8 Å². The van der Waals surface area contributed by atoms with E-state index < -0.39 is 0 Å². The van der Waals surface area contributed by atoms with Crippen molar-refractivity contribution in [2.45, 2.75) is 0 Å². The Kier molecular flexibility index (Phi) is 3.42. The molecular weight excluding hydrogens is 302 g/mol. The Balaban J connectivity index is 2.02. The quantitative estimate of drug-likeness (QED) is 0.679. The lowest BCUT2D eigenvalue weighted by Crippen LogP contribution is -1.83. The lowest BCUT2D eigenvalue weighted by Gasteiger charge is -1.99. The van der Waals surface area contributed by atoms with Gasteiger partial charge in [-0.1, -0.05) is 34.4 Å². The van der Waals surface area contributed by atoms with Crippen LogP contribution in [0.4, 0.5) is 4.39 Å². The molecule has 20 heavy (non-hydrogen) atoms. The van der Waals surface area contributed by atoms with Gasteiger partial charge in [0.1, 0.15) is 5.82 Å². The Bertz CT molecular complexity index is 756. The molecule has 0 amide bonds. The van der Waals surface area contributed by atoms with Crippen LogP contribution >= 0.6 is 23.2 Å². The zero-order valence-electron chi connectivity index (χ0n) is 9.98. The van der Waals surface area contributed by atoms with E-state index in [2.05, 4.69) is 10.1 Å². The molecule has 100 valence electrons. The highest BCUT2D eigenvalue weighted by atomic mass is 35.5. The predicted molar refractivity (Wildman–Crippen MR) is 75.1 cm³/mol. The predicted octanol–water partition coefficient (Wildman–Crippen LogP) is 4.85. The van der Waals surface area contributed by atoms with Gasteiger partial charge in [0.15, 0.2) is 0 Å². The number of benzene rings is 2. The number of rotatable bonds is 2. The third kappa shape index (κ3) is 2.40. The van der Waals surface area contributed by atoms with Crippen molar-refractivity contribution in [3.63, 3.8) is 0 Å². The summed E-state index contributed by atoms with van der Waals surface area (Å²) in [5.41, 5.74) is 1.21. The van der Waals surface area contributed by atoms with Crippen LogP contribution in [0.1, 0.15) is 0 Å². The molecule has 1 heterocycles. The first kappa shape index (κ1) is 13.1. The molecule has 3 nitrogen and oxygen atoms in total. The number of hydrogen-bond acceptors (Lipinski definition) is 3. The van der Waals surface area contributed by atoms with Crippen LogP contribution in [0.5, 0.6) is 0 Å². The van der Waals surface area contributed by atoms with Gasteiger partial charge in [0, 0.05) is 5.56 Å². The second-order valence-corrected chi connectivity index (χ2v) is 4.82. The molecule has 0 unspecified atom stereocenters. The minimum absolute atomic E-state index is 0.261. The molecule has 0 saturated carbocycles. The largest absolute Gasteiger partial charge is 0.334 e. The van der Waals surface area contributed by atoms with Gasteiger partial charge in [0.25, 0.3) is 5.89 Å². The first-order chi connectivity index (χ1) is 9.65. The molecule has 0 aliphatic rings. The molecular formula is C14H7Cl2FN2O. The van der Waals surface area contributed by atoms with Gasteiger partial charge in [-0.15, -0.1) is 0 Å². The second kappa shape index (κ2) is 5.23. The lowest BCUT2D eigenvalue weighted by atomic mass is 10.2. The van der Waals surface area contributed by atoms with E-state index in [9.17, 15) is 4.39 Å². The van der Waals surface area contributed by atoms with Crippen molar-refractivity contribution in [1.29, 1.82) is 0 Å². The summed E-state index contributed by atoms with van der Waals surface area (Å²) in [5, 5.41) is 4.61. The van der Waals surface area contributed by atoms with Crippen LogP contribution < -0.4 is 0 Å². The van der Waals surface area contributed by atoms with Gasteiger partial charge in [0.05, 0.1) is 15.6 Å². The molecule has 0 N–H and O–H groups in total. The summed E-state index contributed by atoms with van der Waals surface area (Å²) in [4.78, 5) is 4.24. The molecule has 0 spiro atoms. The van der Waals surface area contributed by atoms with Gasteiger partial charge in [-0.2, -0.15) is 4.98 Å². The molecule has 0 radical (unpaired) electrons. The molecule has 0 bridgehead atoms. The smallest absolute Gasteiger partial charge is 0.259 e. The van der Waals surface area contributed by atoms with E-state index in [1.807, 2.05) is 0 Å². The third-order valence-electron chi connectivity index (χ3n) is 2.71. The fourth-order valence-electron chi connectivity index (χ4n) is 1.72. The Morgan fingerprint density at radius 3 is 2.50 bits per heavy atom. The van der Waals surface area contributed by atoms with E-state index in [4.69, 9.17) is 27.7 Å². The van der Waals surface area contributed by atoms with Crippen LogP contribution in [-0.4, -0.2) is 10.1 Å². The van der Waals surface area contributed by atoms with Crippen molar-refractivity contribution in [3.05, 3.63) is 58.3 Å². The van der Waals surface area contributed by atoms with Crippen molar-refractivity contribution in [2.24, 2.45) is 0 Å². The lowest BCUT2D eigenvalue weighted by molar-refractivity contribution is 0.432. The summed E-state index contributed by atoms with van der Waals surface area (Å²) in [6.07, 6.45) is 0. The zero-order valence-corrected chi connectivity index (χ0v) is 11.5. The molecule has 0 saturated heterocycles. The van der Waals surface area contributed by atoms with Crippen LogP contribution in [0.2, 0.25) is 10.0 Å². The van der Waals surface area contributed by atoms with E-state index in [0.29, 0.717) is 27.0 Å². The zero-order chi connectivity index (χ0) is 14.1. The van der Waals surface area contributed by atoms with E-state index in [1.54, 1.807) is 30.3 Å². The standard InChI is InChI=1S/C14H7Cl2FN2O/c15-11-3-1-2-10(12(11)16)14-18-13(19-20-14)8-4-6-9(17)7-5-8/h1-7H. The highest BCUT2D eigenvalue weighted by Gasteiger charge is 2.14.